The number of halogens is 2. The van der Waals surface area contributed by atoms with Gasteiger partial charge in [-0.05, 0) is 38.4 Å². The summed E-state index contributed by atoms with van der Waals surface area (Å²) in [6.07, 6.45) is 3.84. The first-order valence-corrected chi connectivity index (χ1v) is 7.18. The van der Waals surface area contributed by atoms with Crippen molar-refractivity contribution in [2.75, 3.05) is 20.2 Å². The fourth-order valence-corrected chi connectivity index (χ4v) is 2.64. The Balaban J connectivity index is 1.87. The van der Waals surface area contributed by atoms with E-state index in [1.165, 1.54) is 18.9 Å². The van der Waals surface area contributed by atoms with Crippen LogP contribution in [0.3, 0.4) is 0 Å². The van der Waals surface area contributed by atoms with Crippen LogP contribution in [0.5, 0.6) is 0 Å². The molecule has 1 atom stereocenters. The molecule has 0 N–H and O–H groups in total. The fourth-order valence-electron chi connectivity index (χ4n) is 2.30. The Morgan fingerprint density at radius 2 is 2.28 bits per heavy atom. The van der Waals surface area contributed by atoms with Crippen molar-refractivity contribution in [2.45, 2.75) is 31.9 Å². The van der Waals surface area contributed by atoms with Gasteiger partial charge in [-0.15, -0.1) is 0 Å². The molecule has 0 aromatic heterocycles. The van der Waals surface area contributed by atoms with Crippen LogP contribution in [0.2, 0.25) is 0 Å². The van der Waals surface area contributed by atoms with Gasteiger partial charge in [-0.3, -0.25) is 4.90 Å². The normalized spacial score (nSPS) is 20.3. The highest BCUT2D eigenvalue weighted by molar-refractivity contribution is 9.10. The predicted octanol–water partition coefficient (Wildman–Crippen LogP) is 3.59. The molecule has 18 heavy (non-hydrogen) atoms. The molecule has 1 aromatic carbocycles. The number of rotatable bonds is 4. The quantitative estimate of drug-likeness (QED) is 0.842. The van der Waals surface area contributed by atoms with Gasteiger partial charge in [-0.2, -0.15) is 0 Å². The topological polar surface area (TPSA) is 12.5 Å². The van der Waals surface area contributed by atoms with Crippen LogP contribution < -0.4 is 0 Å². The van der Waals surface area contributed by atoms with E-state index in [4.69, 9.17) is 4.74 Å². The van der Waals surface area contributed by atoms with Gasteiger partial charge >= 0.3 is 0 Å². The minimum atomic E-state index is -0.152. The molecule has 0 bridgehead atoms. The van der Waals surface area contributed by atoms with Gasteiger partial charge in [0.15, 0.2) is 0 Å². The molecule has 0 saturated carbocycles. The van der Waals surface area contributed by atoms with E-state index in [-0.39, 0.29) is 5.82 Å². The van der Waals surface area contributed by atoms with E-state index < -0.39 is 0 Å². The third-order valence-electron chi connectivity index (χ3n) is 3.24. The molecule has 0 amide bonds. The molecule has 1 unspecified atom stereocenters. The van der Waals surface area contributed by atoms with E-state index in [9.17, 15) is 4.39 Å². The highest BCUT2D eigenvalue weighted by Gasteiger charge is 2.16. The Labute approximate surface area is 116 Å². The third kappa shape index (κ3) is 4.04. The Hall–Kier alpha value is -0.450. The zero-order valence-corrected chi connectivity index (χ0v) is 12.2. The van der Waals surface area contributed by atoms with Gasteiger partial charge in [0.25, 0.3) is 0 Å². The van der Waals surface area contributed by atoms with Crippen LogP contribution in [0.25, 0.3) is 0 Å². The van der Waals surface area contributed by atoms with Crippen LogP contribution in [0.15, 0.2) is 22.7 Å². The molecule has 1 heterocycles. The summed E-state index contributed by atoms with van der Waals surface area (Å²) < 4.78 is 20.2. The smallest absolute Gasteiger partial charge is 0.128 e. The summed E-state index contributed by atoms with van der Waals surface area (Å²) in [5, 5.41) is 0. The van der Waals surface area contributed by atoms with Crippen molar-refractivity contribution in [3.8, 4) is 0 Å². The molecular formula is C14H19BrFNO. The fraction of sp³-hybridized carbons (Fsp3) is 0.571. The standard InChI is InChI=1S/C14H19BrFNO/c1-17(10-13-4-2-3-7-18-13)9-11-5-6-12(15)8-14(11)16/h5-6,8,13H,2-4,7,9-10H2,1H3. The lowest BCUT2D eigenvalue weighted by atomic mass is 10.1. The van der Waals surface area contributed by atoms with Crippen molar-refractivity contribution in [1.29, 1.82) is 0 Å². The highest BCUT2D eigenvalue weighted by Crippen LogP contribution is 2.18. The number of hydrogen-bond acceptors (Lipinski definition) is 2. The lowest BCUT2D eigenvalue weighted by Gasteiger charge is -2.27. The molecule has 2 rings (SSSR count). The minimum absolute atomic E-state index is 0.152. The van der Waals surface area contributed by atoms with E-state index in [0.717, 1.165) is 29.6 Å². The van der Waals surface area contributed by atoms with E-state index in [1.807, 2.05) is 19.2 Å². The van der Waals surface area contributed by atoms with Gasteiger partial charge in [0.05, 0.1) is 6.10 Å². The Kier molecular flexibility index (Phi) is 5.15. The van der Waals surface area contributed by atoms with Gasteiger partial charge in [-0.25, -0.2) is 4.39 Å². The molecule has 0 aliphatic carbocycles. The van der Waals surface area contributed by atoms with Crippen molar-refractivity contribution in [1.82, 2.24) is 4.90 Å². The van der Waals surface area contributed by atoms with Crippen LogP contribution in [-0.4, -0.2) is 31.2 Å². The van der Waals surface area contributed by atoms with Crippen molar-refractivity contribution < 1.29 is 9.13 Å². The molecule has 1 saturated heterocycles. The number of nitrogens with zero attached hydrogens (tertiary/aromatic N) is 1. The molecule has 1 aliphatic heterocycles. The number of likely N-dealkylation sites (N-methyl/N-ethyl adjacent to an activating group) is 1. The van der Waals surface area contributed by atoms with E-state index in [1.54, 1.807) is 0 Å². The molecule has 0 spiro atoms. The Morgan fingerprint density at radius 1 is 1.44 bits per heavy atom. The first kappa shape index (κ1) is 14.0. The zero-order chi connectivity index (χ0) is 13.0. The number of hydrogen-bond donors (Lipinski definition) is 0. The second-order valence-electron chi connectivity index (χ2n) is 4.92. The van der Waals surface area contributed by atoms with Gasteiger partial charge < -0.3 is 4.74 Å². The molecule has 1 fully saturated rings. The number of benzene rings is 1. The van der Waals surface area contributed by atoms with E-state index >= 15 is 0 Å². The second kappa shape index (κ2) is 6.64. The summed E-state index contributed by atoms with van der Waals surface area (Å²) in [5.41, 5.74) is 0.733. The Morgan fingerprint density at radius 3 is 2.94 bits per heavy atom. The largest absolute Gasteiger partial charge is 0.377 e. The van der Waals surface area contributed by atoms with Gasteiger partial charge in [-0.1, -0.05) is 22.0 Å². The first-order valence-electron chi connectivity index (χ1n) is 6.39. The summed E-state index contributed by atoms with van der Waals surface area (Å²) in [7, 11) is 2.01. The third-order valence-corrected chi connectivity index (χ3v) is 3.74. The van der Waals surface area contributed by atoms with Crippen LogP contribution in [0.1, 0.15) is 24.8 Å². The van der Waals surface area contributed by atoms with Crippen LogP contribution >= 0.6 is 15.9 Å². The van der Waals surface area contributed by atoms with Crippen LogP contribution in [0.4, 0.5) is 4.39 Å². The van der Waals surface area contributed by atoms with E-state index in [0.29, 0.717) is 12.6 Å². The average Bonchev–Trinajstić information content (AvgIpc) is 2.34. The van der Waals surface area contributed by atoms with Gasteiger partial charge in [0, 0.05) is 29.7 Å². The summed E-state index contributed by atoms with van der Waals surface area (Å²) >= 11 is 3.27. The van der Waals surface area contributed by atoms with Crippen LogP contribution in [-0.2, 0) is 11.3 Å². The maximum Gasteiger partial charge on any atom is 0.128 e. The molecule has 2 nitrogen and oxygen atoms in total. The zero-order valence-electron chi connectivity index (χ0n) is 10.7. The second-order valence-corrected chi connectivity index (χ2v) is 5.84. The Bertz CT molecular complexity index is 393. The molecule has 100 valence electrons. The van der Waals surface area contributed by atoms with Crippen molar-refractivity contribution >= 4 is 15.9 Å². The maximum absolute atomic E-state index is 13.7. The summed E-state index contributed by atoms with van der Waals surface area (Å²) in [5.74, 6) is -0.152. The lowest BCUT2D eigenvalue weighted by Crippen LogP contribution is -2.33. The SMILES string of the molecule is CN(Cc1ccc(Br)cc1F)CC1CCCCO1. The van der Waals surface area contributed by atoms with Crippen molar-refractivity contribution in [3.05, 3.63) is 34.1 Å². The number of ether oxygens (including phenoxy) is 1. The van der Waals surface area contributed by atoms with E-state index in [2.05, 4.69) is 20.8 Å². The molecule has 4 heteroatoms. The monoisotopic (exact) mass is 315 g/mol. The maximum atomic E-state index is 13.7. The predicted molar refractivity (Wildman–Crippen MR) is 74.0 cm³/mol. The molecule has 1 aromatic rings. The molecular weight excluding hydrogens is 297 g/mol. The van der Waals surface area contributed by atoms with Crippen molar-refractivity contribution in [3.63, 3.8) is 0 Å². The van der Waals surface area contributed by atoms with Gasteiger partial charge in [0.2, 0.25) is 0 Å². The lowest BCUT2D eigenvalue weighted by molar-refractivity contribution is -0.00272. The highest BCUT2D eigenvalue weighted by atomic mass is 79.9. The summed E-state index contributed by atoms with van der Waals surface area (Å²) in [6, 6.07) is 5.22. The van der Waals surface area contributed by atoms with Gasteiger partial charge in [0.1, 0.15) is 5.82 Å². The molecule has 1 aliphatic rings. The van der Waals surface area contributed by atoms with Crippen LogP contribution in [0, 0.1) is 5.82 Å². The molecule has 0 radical (unpaired) electrons. The first-order chi connectivity index (χ1) is 8.65. The average molecular weight is 316 g/mol. The van der Waals surface area contributed by atoms with Crippen molar-refractivity contribution in [2.24, 2.45) is 0 Å². The minimum Gasteiger partial charge on any atom is -0.377 e. The summed E-state index contributed by atoms with van der Waals surface area (Å²) in [4.78, 5) is 2.13. The summed E-state index contributed by atoms with van der Waals surface area (Å²) in [6.45, 7) is 2.36.